The van der Waals surface area contributed by atoms with Gasteiger partial charge in [-0.2, -0.15) is 0 Å². The van der Waals surface area contributed by atoms with E-state index in [0.717, 1.165) is 44.4 Å². The summed E-state index contributed by atoms with van der Waals surface area (Å²) in [6.45, 7) is 6.21. The Kier molecular flexibility index (Phi) is 8.99. The number of benzene rings is 2. The van der Waals surface area contributed by atoms with E-state index in [9.17, 15) is 4.79 Å². The molecule has 4 nitrogen and oxygen atoms in total. The maximum absolute atomic E-state index is 13.3. The first-order chi connectivity index (χ1) is 18.2. The summed E-state index contributed by atoms with van der Waals surface area (Å²) in [5, 5.41) is 8.00. The number of carbonyl (C=O) groups is 1. The fraction of sp³-hybridized carbons (Fsp3) is 0.545. The first-order valence-electron chi connectivity index (χ1n) is 14.8. The molecular formula is C33H45N3O. The lowest BCUT2D eigenvalue weighted by Gasteiger charge is -2.23. The number of amides is 1. The SMILES string of the molecule is Cc1cccc(C(CC(=O)NCCC2CCNCC2)c2cn(CCC3CCCCC3)c3ccccc23)c1. The molecule has 2 N–H and O–H groups in total. The predicted octanol–water partition coefficient (Wildman–Crippen LogP) is 6.95. The molecule has 1 atom stereocenters. The van der Waals surface area contributed by atoms with Crippen molar-refractivity contribution in [3.63, 3.8) is 0 Å². The quantitative estimate of drug-likeness (QED) is 0.317. The minimum Gasteiger partial charge on any atom is -0.356 e. The Morgan fingerprint density at radius 2 is 1.76 bits per heavy atom. The lowest BCUT2D eigenvalue weighted by molar-refractivity contribution is -0.121. The van der Waals surface area contributed by atoms with Crippen LogP contribution in [0.1, 0.15) is 86.8 Å². The van der Waals surface area contributed by atoms with Crippen LogP contribution in [0.5, 0.6) is 0 Å². The van der Waals surface area contributed by atoms with E-state index in [4.69, 9.17) is 0 Å². The lowest BCUT2D eigenvalue weighted by Crippen LogP contribution is -2.31. The van der Waals surface area contributed by atoms with Crippen molar-refractivity contribution in [1.29, 1.82) is 0 Å². The second kappa shape index (κ2) is 12.8. The normalized spacial score (nSPS) is 18.2. The van der Waals surface area contributed by atoms with Crippen LogP contribution in [-0.4, -0.2) is 30.1 Å². The highest BCUT2D eigenvalue weighted by molar-refractivity contribution is 5.86. The number of carbonyl (C=O) groups excluding carboxylic acids is 1. The lowest BCUT2D eigenvalue weighted by atomic mass is 9.87. The standard InChI is InChI=1S/C33H45N3O/c1-25-8-7-11-28(22-25)30(23-33(37)35-20-16-27-14-18-34-19-15-27)31-24-36(32-13-6-5-12-29(31)32)21-17-26-9-3-2-4-10-26/h5-8,11-13,22,24,26-27,30,34H,2-4,9-10,14-21,23H2,1H3,(H,35,37). The minimum absolute atomic E-state index is 0.0552. The molecule has 1 aliphatic carbocycles. The molecule has 2 fully saturated rings. The molecule has 2 aromatic carbocycles. The van der Waals surface area contributed by atoms with E-state index in [-0.39, 0.29) is 11.8 Å². The molecule has 5 rings (SSSR count). The highest BCUT2D eigenvalue weighted by atomic mass is 16.1. The van der Waals surface area contributed by atoms with Crippen LogP contribution in [0.2, 0.25) is 0 Å². The van der Waals surface area contributed by atoms with Crippen molar-refractivity contribution in [2.45, 2.75) is 83.6 Å². The maximum atomic E-state index is 13.3. The second-order valence-electron chi connectivity index (χ2n) is 11.6. The molecule has 198 valence electrons. The fourth-order valence-electron chi connectivity index (χ4n) is 6.67. The van der Waals surface area contributed by atoms with E-state index in [1.165, 1.54) is 79.0 Å². The zero-order chi connectivity index (χ0) is 25.5. The molecular weight excluding hydrogens is 454 g/mol. The average molecular weight is 500 g/mol. The summed E-state index contributed by atoms with van der Waals surface area (Å²) < 4.78 is 2.47. The van der Waals surface area contributed by atoms with E-state index in [1.807, 2.05) is 0 Å². The number of fused-ring (bicyclic) bond motifs is 1. The Bertz CT molecular complexity index is 1150. The third-order valence-electron chi connectivity index (χ3n) is 8.87. The van der Waals surface area contributed by atoms with Crippen LogP contribution in [0.25, 0.3) is 10.9 Å². The largest absolute Gasteiger partial charge is 0.356 e. The number of aryl methyl sites for hydroxylation is 2. The molecule has 1 unspecified atom stereocenters. The van der Waals surface area contributed by atoms with Crippen molar-refractivity contribution < 1.29 is 4.79 Å². The summed E-state index contributed by atoms with van der Waals surface area (Å²) in [4.78, 5) is 13.3. The molecule has 1 aromatic heterocycles. The summed E-state index contributed by atoms with van der Waals surface area (Å²) in [6, 6.07) is 17.5. The van der Waals surface area contributed by atoms with Gasteiger partial charge >= 0.3 is 0 Å². The number of nitrogens with zero attached hydrogens (tertiary/aromatic N) is 1. The summed E-state index contributed by atoms with van der Waals surface area (Å²) in [5.41, 5.74) is 5.08. The van der Waals surface area contributed by atoms with Crippen molar-refractivity contribution in [3.05, 3.63) is 71.4 Å². The first-order valence-corrected chi connectivity index (χ1v) is 14.8. The highest BCUT2D eigenvalue weighted by Gasteiger charge is 2.24. The molecule has 3 aromatic rings. The molecule has 4 heteroatoms. The van der Waals surface area contributed by atoms with Gasteiger partial charge < -0.3 is 15.2 Å². The molecule has 37 heavy (non-hydrogen) atoms. The number of para-hydroxylation sites is 1. The zero-order valence-corrected chi connectivity index (χ0v) is 22.7. The Morgan fingerprint density at radius 3 is 2.57 bits per heavy atom. The summed E-state index contributed by atoms with van der Waals surface area (Å²) in [7, 11) is 0. The van der Waals surface area contributed by atoms with E-state index in [0.29, 0.717) is 6.42 Å². The summed E-state index contributed by atoms with van der Waals surface area (Å²) in [5.74, 6) is 1.81. The molecule has 1 saturated heterocycles. The summed E-state index contributed by atoms with van der Waals surface area (Å²) in [6.07, 6.45) is 14.6. The molecule has 0 spiro atoms. The van der Waals surface area contributed by atoms with Gasteiger partial charge in [0.15, 0.2) is 0 Å². The smallest absolute Gasteiger partial charge is 0.220 e. The number of rotatable bonds is 10. The highest BCUT2D eigenvalue weighted by Crippen LogP contribution is 2.36. The number of aromatic nitrogens is 1. The average Bonchev–Trinajstić information content (AvgIpc) is 3.30. The minimum atomic E-state index is 0.0552. The number of nitrogens with one attached hydrogen (secondary N) is 2. The van der Waals surface area contributed by atoms with E-state index in [1.54, 1.807) is 0 Å². The maximum Gasteiger partial charge on any atom is 0.220 e. The van der Waals surface area contributed by atoms with Crippen molar-refractivity contribution in [3.8, 4) is 0 Å². The molecule has 2 heterocycles. The van der Waals surface area contributed by atoms with Crippen LogP contribution in [0.4, 0.5) is 0 Å². The van der Waals surface area contributed by atoms with E-state index >= 15 is 0 Å². The topological polar surface area (TPSA) is 46.1 Å². The zero-order valence-electron chi connectivity index (χ0n) is 22.7. The van der Waals surface area contributed by atoms with E-state index < -0.39 is 0 Å². The van der Waals surface area contributed by atoms with Crippen LogP contribution < -0.4 is 10.6 Å². The number of hydrogen-bond donors (Lipinski definition) is 2. The van der Waals surface area contributed by atoms with Crippen molar-refractivity contribution in [2.24, 2.45) is 11.8 Å². The molecule has 0 bridgehead atoms. The van der Waals surface area contributed by atoms with Crippen LogP contribution in [-0.2, 0) is 11.3 Å². The third kappa shape index (κ3) is 6.84. The second-order valence-corrected chi connectivity index (χ2v) is 11.6. The van der Waals surface area contributed by atoms with Crippen LogP contribution >= 0.6 is 0 Å². The van der Waals surface area contributed by atoms with Crippen molar-refractivity contribution >= 4 is 16.8 Å². The Labute approximate surface area is 223 Å². The number of piperidine rings is 1. The van der Waals surface area contributed by atoms with Gasteiger partial charge in [0.2, 0.25) is 5.91 Å². The van der Waals surface area contributed by atoms with Crippen LogP contribution in [0.3, 0.4) is 0 Å². The predicted molar refractivity (Wildman–Crippen MR) is 154 cm³/mol. The van der Waals surface area contributed by atoms with Gasteiger partial charge in [-0.15, -0.1) is 0 Å². The molecule has 1 saturated carbocycles. The first kappa shape index (κ1) is 26.0. The molecule has 1 aliphatic heterocycles. The Balaban J connectivity index is 1.35. The van der Waals surface area contributed by atoms with Gasteiger partial charge in [0, 0.05) is 42.5 Å². The Hall–Kier alpha value is -2.59. The van der Waals surface area contributed by atoms with Crippen molar-refractivity contribution in [2.75, 3.05) is 19.6 Å². The fourth-order valence-corrected chi connectivity index (χ4v) is 6.67. The van der Waals surface area contributed by atoms with Crippen LogP contribution in [0, 0.1) is 18.8 Å². The number of hydrogen-bond acceptors (Lipinski definition) is 2. The molecule has 1 amide bonds. The monoisotopic (exact) mass is 499 g/mol. The van der Waals surface area contributed by atoms with Gasteiger partial charge in [0.1, 0.15) is 0 Å². The Morgan fingerprint density at radius 1 is 0.973 bits per heavy atom. The third-order valence-corrected chi connectivity index (χ3v) is 8.87. The van der Waals surface area contributed by atoms with Gasteiger partial charge in [-0.3, -0.25) is 4.79 Å². The molecule has 0 radical (unpaired) electrons. The van der Waals surface area contributed by atoms with Gasteiger partial charge in [0.05, 0.1) is 0 Å². The van der Waals surface area contributed by atoms with E-state index in [2.05, 4.69) is 76.9 Å². The summed E-state index contributed by atoms with van der Waals surface area (Å²) >= 11 is 0. The van der Waals surface area contributed by atoms with Gasteiger partial charge in [-0.05, 0) is 74.7 Å². The van der Waals surface area contributed by atoms with Gasteiger partial charge in [0.25, 0.3) is 0 Å². The van der Waals surface area contributed by atoms with Gasteiger partial charge in [-0.25, -0.2) is 0 Å². The van der Waals surface area contributed by atoms with Gasteiger partial charge in [-0.1, -0.05) is 80.1 Å². The molecule has 2 aliphatic rings. The van der Waals surface area contributed by atoms with Crippen LogP contribution in [0.15, 0.2) is 54.7 Å². The van der Waals surface area contributed by atoms with Crippen molar-refractivity contribution in [1.82, 2.24) is 15.2 Å².